The lowest BCUT2D eigenvalue weighted by molar-refractivity contribution is 0.578. The molecule has 1 saturated carbocycles. The zero-order valence-corrected chi connectivity index (χ0v) is 20.6. The van der Waals surface area contributed by atoms with Crippen LogP contribution < -0.4 is 11.1 Å². The normalized spacial score (nSPS) is 13.3. The number of nitrogens with zero attached hydrogens (tertiary/aromatic N) is 6. The first kappa shape index (κ1) is 23.4. The Hall–Kier alpha value is -4.30. The van der Waals surface area contributed by atoms with Gasteiger partial charge < -0.3 is 11.1 Å². The number of nitrogen functional groups attached to an aromatic ring is 1. The van der Waals surface area contributed by atoms with Crippen LogP contribution in [0.25, 0.3) is 11.4 Å². The van der Waals surface area contributed by atoms with Crippen molar-refractivity contribution in [1.82, 2.24) is 29.1 Å². The molecule has 3 N–H and O–H groups in total. The molecule has 0 aromatic carbocycles. The molecule has 5 rings (SSSR count). The van der Waals surface area contributed by atoms with Crippen LogP contribution in [0.15, 0.2) is 55.4 Å². The van der Waals surface area contributed by atoms with Crippen LogP contribution >= 0.6 is 0 Å². The van der Waals surface area contributed by atoms with Gasteiger partial charge in [-0.25, -0.2) is 23.4 Å². The topological polar surface area (TPSA) is 142 Å². The summed E-state index contributed by atoms with van der Waals surface area (Å²) in [6.07, 6.45) is 10.8. The van der Waals surface area contributed by atoms with E-state index < -0.39 is 10.0 Å². The monoisotopic (exact) mass is 500 g/mol. The summed E-state index contributed by atoms with van der Waals surface area (Å²) in [4.78, 5) is 17.5. The molecule has 4 aromatic rings. The highest BCUT2D eigenvalue weighted by Crippen LogP contribution is 2.33. The number of pyridine rings is 2. The molecular weight excluding hydrogens is 476 g/mol. The van der Waals surface area contributed by atoms with E-state index in [9.17, 15) is 8.42 Å². The highest BCUT2D eigenvalue weighted by molar-refractivity contribution is 7.90. The fraction of sp³-hybridized carbons (Fsp3) is 0.240. The summed E-state index contributed by atoms with van der Waals surface area (Å²) in [5.41, 5.74) is 9.77. The Labute approximate surface area is 209 Å². The molecule has 11 heteroatoms. The van der Waals surface area contributed by atoms with Crippen LogP contribution in [0.4, 0.5) is 17.3 Å². The summed E-state index contributed by atoms with van der Waals surface area (Å²) in [7, 11) is -3.46. The number of hydrogen-bond acceptors (Lipinski definition) is 9. The zero-order valence-electron chi connectivity index (χ0n) is 19.8. The SMILES string of the molecule is CC(C)c1c(Nc2ccnc(-c3cnn(S(=O)(=O)C4CC4)c3)n2)ncc(C#Cc2cccnc2)c1N. The van der Waals surface area contributed by atoms with Gasteiger partial charge in [0.2, 0.25) is 0 Å². The molecule has 0 spiro atoms. The van der Waals surface area contributed by atoms with Crippen LogP contribution in [0, 0.1) is 11.8 Å². The number of nitrogens with one attached hydrogen (secondary N) is 1. The molecule has 0 aliphatic heterocycles. The smallest absolute Gasteiger partial charge is 0.256 e. The molecule has 4 heterocycles. The Kier molecular flexibility index (Phi) is 6.12. The number of aromatic nitrogens is 6. The van der Waals surface area contributed by atoms with E-state index in [1.54, 1.807) is 30.9 Å². The lowest BCUT2D eigenvalue weighted by atomic mass is 9.99. The Balaban J connectivity index is 1.43. The summed E-state index contributed by atoms with van der Waals surface area (Å²) in [6.45, 7) is 4.05. The van der Waals surface area contributed by atoms with Crippen molar-refractivity contribution in [1.29, 1.82) is 0 Å². The van der Waals surface area contributed by atoms with Gasteiger partial charge in [-0.1, -0.05) is 25.7 Å². The second kappa shape index (κ2) is 9.39. The summed E-state index contributed by atoms with van der Waals surface area (Å²) in [5.74, 6) is 7.60. The molecule has 10 nitrogen and oxygen atoms in total. The van der Waals surface area contributed by atoms with Crippen molar-refractivity contribution in [2.75, 3.05) is 11.1 Å². The largest absolute Gasteiger partial charge is 0.397 e. The molecule has 4 aromatic heterocycles. The van der Waals surface area contributed by atoms with E-state index in [0.717, 1.165) is 15.2 Å². The van der Waals surface area contributed by atoms with Gasteiger partial charge in [0.05, 0.1) is 34.5 Å². The lowest BCUT2D eigenvalue weighted by Crippen LogP contribution is -2.17. The minimum atomic E-state index is -3.46. The second-order valence-corrected chi connectivity index (χ2v) is 10.8. The fourth-order valence-electron chi connectivity index (χ4n) is 3.67. The van der Waals surface area contributed by atoms with E-state index >= 15 is 0 Å². The van der Waals surface area contributed by atoms with E-state index in [4.69, 9.17) is 5.73 Å². The molecule has 0 bridgehead atoms. The third kappa shape index (κ3) is 4.76. The molecule has 1 aliphatic rings. The van der Waals surface area contributed by atoms with E-state index in [0.29, 0.717) is 47.1 Å². The Bertz CT molecular complexity index is 1580. The standard InChI is InChI=1S/C25H24N8O2S/c1-16(2)22-23(26)18(6-5-17-4-3-10-27-12-17)13-29-25(22)32-21-9-11-28-24(31-21)19-14-30-33(15-19)36(34,35)20-7-8-20/h3-4,9-16,20H,7-8H2,1-2H3,(H3,26,28,29,31,32). The lowest BCUT2D eigenvalue weighted by Gasteiger charge is -2.17. The molecule has 182 valence electrons. The van der Waals surface area contributed by atoms with Gasteiger partial charge in [-0.15, -0.1) is 0 Å². The second-order valence-electron chi connectivity index (χ2n) is 8.73. The van der Waals surface area contributed by atoms with Gasteiger partial charge >= 0.3 is 0 Å². The molecule has 0 amide bonds. The van der Waals surface area contributed by atoms with Gasteiger partial charge in [0.25, 0.3) is 10.0 Å². The molecule has 1 aliphatic carbocycles. The van der Waals surface area contributed by atoms with Crippen LogP contribution in [0.5, 0.6) is 0 Å². The molecule has 0 unspecified atom stereocenters. The van der Waals surface area contributed by atoms with Crippen molar-refractivity contribution in [2.45, 2.75) is 37.9 Å². The van der Waals surface area contributed by atoms with Crippen LogP contribution in [-0.4, -0.2) is 42.8 Å². The average Bonchev–Trinajstić information content (AvgIpc) is 3.61. The fourth-order valence-corrected chi connectivity index (χ4v) is 5.14. The number of nitrogens with two attached hydrogens (primary N) is 1. The summed E-state index contributed by atoms with van der Waals surface area (Å²) in [6, 6.07) is 5.40. The minimum Gasteiger partial charge on any atom is -0.397 e. The summed E-state index contributed by atoms with van der Waals surface area (Å²) >= 11 is 0. The Morgan fingerprint density at radius 3 is 2.67 bits per heavy atom. The number of hydrogen-bond donors (Lipinski definition) is 2. The molecule has 0 saturated heterocycles. The third-order valence-corrected chi connectivity index (χ3v) is 7.70. The zero-order chi connectivity index (χ0) is 25.3. The van der Waals surface area contributed by atoms with Gasteiger partial charge in [0.1, 0.15) is 11.6 Å². The quantitative estimate of drug-likeness (QED) is 0.381. The average molecular weight is 501 g/mol. The van der Waals surface area contributed by atoms with Crippen molar-refractivity contribution in [3.05, 3.63) is 72.1 Å². The van der Waals surface area contributed by atoms with E-state index in [2.05, 4.69) is 42.2 Å². The predicted molar refractivity (Wildman–Crippen MR) is 137 cm³/mol. The van der Waals surface area contributed by atoms with Gasteiger partial charge in [0, 0.05) is 35.9 Å². The first-order valence-electron chi connectivity index (χ1n) is 11.4. The molecular formula is C25H24N8O2S. The predicted octanol–water partition coefficient (Wildman–Crippen LogP) is 3.32. The molecule has 1 fully saturated rings. The van der Waals surface area contributed by atoms with Crippen LogP contribution in [0.3, 0.4) is 0 Å². The molecule has 0 radical (unpaired) electrons. The number of anilines is 3. The van der Waals surface area contributed by atoms with E-state index in [1.165, 1.54) is 12.4 Å². The van der Waals surface area contributed by atoms with Gasteiger partial charge in [-0.2, -0.15) is 9.19 Å². The van der Waals surface area contributed by atoms with Gasteiger partial charge in [0.15, 0.2) is 5.82 Å². The van der Waals surface area contributed by atoms with Crippen LogP contribution in [0.2, 0.25) is 0 Å². The molecule has 36 heavy (non-hydrogen) atoms. The van der Waals surface area contributed by atoms with Crippen molar-refractivity contribution in [3.63, 3.8) is 0 Å². The maximum absolute atomic E-state index is 12.4. The van der Waals surface area contributed by atoms with Crippen molar-refractivity contribution >= 4 is 27.3 Å². The summed E-state index contributed by atoms with van der Waals surface area (Å²) < 4.78 is 25.9. The Morgan fingerprint density at radius 1 is 1.11 bits per heavy atom. The minimum absolute atomic E-state index is 0.0623. The van der Waals surface area contributed by atoms with Crippen LogP contribution in [-0.2, 0) is 10.0 Å². The molecule has 0 atom stereocenters. The maximum Gasteiger partial charge on any atom is 0.256 e. The highest BCUT2D eigenvalue weighted by atomic mass is 32.2. The van der Waals surface area contributed by atoms with Gasteiger partial charge in [-0.3, -0.25) is 4.98 Å². The number of rotatable bonds is 6. The highest BCUT2D eigenvalue weighted by Gasteiger charge is 2.37. The van der Waals surface area contributed by atoms with Crippen molar-refractivity contribution in [3.8, 4) is 23.2 Å². The van der Waals surface area contributed by atoms with E-state index in [-0.39, 0.29) is 11.2 Å². The first-order chi connectivity index (χ1) is 17.3. The third-order valence-electron chi connectivity index (χ3n) is 5.67. The maximum atomic E-state index is 12.4. The first-order valence-corrected chi connectivity index (χ1v) is 12.9. The van der Waals surface area contributed by atoms with Gasteiger partial charge in [-0.05, 0) is 37.0 Å². The van der Waals surface area contributed by atoms with Crippen molar-refractivity contribution in [2.24, 2.45) is 0 Å². The summed E-state index contributed by atoms with van der Waals surface area (Å²) in [5, 5.41) is 6.89. The van der Waals surface area contributed by atoms with Crippen LogP contribution in [0.1, 0.15) is 49.3 Å². The Morgan fingerprint density at radius 2 is 1.94 bits per heavy atom. The van der Waals surface area contributed by atoms with E-state index in [1.807, 2.05) is 26.0 Å². The van der Waals surface area contributed by atoms with Crippen molar-refractivity contribution < 1.29 is 8.42 Å².